The van der Waals surface area contributed by atoms with E-state index in [1.807, 2.05) is 30.3 Å². The highest BCUT2D eigenvalue weighted by molar-refractivity contribution is 5.41. The molecule has 0 saturated heterocycles. The third-order valence-corrected chi connectivity index (χ3v) is 3.42. The van der Waals surface area contributed by atoms with Gasteiger partial charge in [-0.05, 0) is 11.6 Å². The first kappa shape index (κ1) is 14.6. The van der Waals surface area contributed by atoms with Crippen molar-refractivity contribution in [2.24, 2.45) is 0 Å². The molecule has 114 valence electrons. The molecule has 0 amide bonds. The molecule has 3 rings (SSSR count). The Hall–Kier alpha value is -2.31. The van der Waals surface area contributed by atoms with E-state index < -0.39 is 11.9 Å². The molecule has 2 heterocycles. The zero-order valence-corrected chi connectivity index (χ0v) is 11.9. The summed E-state index contributed by atoms with van der Waals surface area (Å²) in [4.78, 5) is 0. The van der Waals surface area contributed by atoms with E-state index in [1.54, 1.807) is 0 Å². The van der Waals surface area contributed by atoms with E-state index in [2.05, 4.69) is 10.2 Å². The summed E-state index contributed by atoms with van der Waals surface area (Å²) in [6.07, 6.45) is 2.06. The van der Waals surface area contributed by atoms with Crippen molar-refractivity contribution in [1.29, 1.82) is 0 Å². The van der Waals surface area contributed by atoms with Gasteiger partial charge in [0.1, 0.15) is 12.1 Å². The summed E-state index contributed by atoms with van der Waals surface area (Å²) in [7, 11) is 0. The number of hydrogen-bond acceptors (Lipinski definition) is 4. The predicted octanol–water partition coefficient (Wildman–Crippen LogP) is 2.51. The number of aliphatic hydroxyl groups excluding tert-OH is 1. The Bertz CT molecular complexity index is 745. The van der Waals surface area contributed by atoms with E-state index >= 15 is 0 Å². The molecule has 22 heavy (non-hydrogen) atoms. The van der Waals surface area contributed by atoms with Gasteiger partial charge in [-0.3, -0.25) is 4.40 Å². The molecule has 1 aromatic carbocycles. The Balaban J connectivity index is 1.56. The average molecular weight is 301 g/mol. The maximum atomic E-state index is 13.9. The van der Waals surface area contributed by atoms with Crippen LogP contribution in [0.2, 0.25) is 0 Å². The number of halogens is 1. The highest BCUT2D eigenvalue weighted by Crippen LogP contribution is 2.21. The summed E-state index contributed by atoms with van der Waals surface area (Å²) in [5.74, 6) is -0.483. The average Bonchev–Trinajstić information content (AvgIpc) is 2.98. The molecule has 1 atom stereocenters. The Morgan fingerprint density at radius 2 is 2.09 bits per heavy atom. The van der Waals surface area contributed by atoms with Gasteiger partial charge in [-0.1, -0.05) is 30.3 Å². The second-order valence-corrected chi connectivity index (χ2v) is 5.02. The van der Waals surface area contributed by atoms with Crippen molar-refractivity contribution in [3.63, 3.8) is 0 Å². The predicted molar refractivity (Wildman–Crippen MR) is 78.6 cm³/mol. The van der Waals surface area contributed by atoms with Gasteiger partial charge in [0.05, 0.1) is 12.7 Å². The maximum Gasteiger partial charge on any atom is 0.161 e. The quantitative estimate of drug-likeness (QED) is 0.711. The summed E-state index contributed by atoms with van der Waals surface area (Å²) < 4.78 is 20.9. The van der Waals surface area contributed by atoms with Crippen molar-refractivity contribution in [2.45, 2.75) is 19.1 Å². The van der Waals surface area contributed by atoms with Crippen LogP contribution in [-0.2, 0) is 11.3 Å². The van der Waals surface area contributed by atoms with Gasteiger partial charge in [0.15, 0.2) is 5.65 Å². The Morgan fingerprint density at radius 1 is 1.27 bits per heavy atom. The molecule has 0 aliphatic rings. The number of hydrogen-bond donors (Lipinski definition) is 1. The number of rotatable bonds is 6. The Labute approximate surface area is 127 Å². The van der Waals surface area contributed by atoms with Crippen LogP contribution in [0, 0.1) is 5.82 Å². The molecule has 0 aliphatic heterocycles. The number of aliphatic hydroxyl groups is 1. The van der Waals surface area contributed by atoms with Crippen LogP contribution in [0.25, 0.3) is 5.65 Å². The van der Waals surface area contributed by atoms with Crippen LogP contribution in [0.15, 0.2) is 48.9 Å². The molecule has 3 aromatic rings. The fourth-order valence-corrected chi connectivity index (χ4v) is 2.23. The van der Waals surface area contributed by atoms with E-state index in [9.17, 15) is 9.50 Å². The van der Waals surface area contributed by atoms with Crippen molar-refractivity contribution < 1.29 is 14.2 Å². The number of nitrogens with zero attached hydrogens (tertiary/aromatic N) is 3. The van der Waals surface area contributed by atoms with E-state index in [0.717, 1.165) is 5.56 Å². The van der Waals surface area contributed by atoms with Crippen LogP contribution in [0.5, 0.6) is 0 Å². The topological polar surface area (TPSA) is 59.7 Å². The smallest absolute Gasteiger partial charge is 0.161 e. The summed E-state index contributed by atoms with van der Waals surface area (Å²) in [6.45, 7) is 0.812. The SMILES string of the molecule is OC(CCOCc1ccccc1)c1cc2nncn2cc1F. The molecule has 0 bridgehead atoms. The molecular formula is C16H16FN3O2. The fourth-order valence-electron chi connectivity index (χ4n) is 2.23. The third kappa shape index (κ3) is 3.29. The molecule has 0 spiro atoms. The molecule has 6 heteroatoms. The van der Waals surface area contributed by atoms with Gasteiger partial charge in [-0.15, -0.1) is 10.2 Å². The van der Waals surface area contributed by atoms with Crippen molar-refractivity contribution in [2.75, 3.05) is 6.61 Å². The summed E-state index contributed by atoms with van der Waals surface area (Å²) in [5.41, 5.74) is 1.78. The van der Waals surface area contributed by atoms with Crippen molar-refractivity contribution >= 4 is 5.65 Å². The summed E-state index contributed by atoms with van der Waals surface area (Å²) >= 11 is 0. The minimum Gasteiger partial charge on any atom is -0.388 e. The van der Waals surface area contributed by atoms with Gasteiger partial charge in [-0.2, -0.15) is 0 Å². The maximum absolute atomic E-state index is 13.9. The third-order valence-electron chi connectivity index (χ3n) is 3.42. The highest BCUT2D eigenvalue weighted by atomic mass is 19.1. The van der Waals surface area contributed by atoms with E-state index in [0.29, 0.717) is 25.3 Å². The lowest BCUT2D eigenvalue weighted by molar-refractivity contribution is 0.0719. The molecule has 1 unspecified atom stereocenters. The largest absolute Gasteiger partial charge is 0.388 e. The molecule has 1 N–H and O–H groups in total. The van der Waals surface area contributed by atoms with Crippen LogP contribution >= 0.6 is 0 Å². The minimum absolute atomic E-state index is 0.212. The second-order valence-electron chi connectivity index (χ2n) is 5.02. The fraction of sp³-hybridized carbons (Fsp3) is 0.250. The zero-order valence-electron chi connectivity index (χ0n) is 11.9. The van der Waals surface area contributed by atoms with Crippen LogP contribution < -0.4 is 0 Å². The first-order valence-electron chi connectivity index (χ1n) is 7.02. The molecule has 0 fully saturated rings. The van der Waals surface area contributed by atoms with Crippen LogP contribution in [0.3, 0.4) is 0 Å². The lowest BCUT2D eigenvalue weighted by Crippen LogP contribution is -2.06. The van der Waals surface area contributed by atoms with Crippen LogP contribution in [0.1, 0.15) is 23.7 Å². The van der Waals surface area contributed by atoms with E-state index in [1.165, 1.54) is 23.0 Å². The summed E-state index contributed by atoms with van der Waals surface area (Å²) in [6, 6.07) is 11.3. The molecular weight excluding hydrogens is 285 g/mol. The molecule has 5 nitrogen and oxygen atoms in total. The van der Waals surface area contributed by atoms with Crippen LogP contribution in [-0.4, -0.2) is 26.3 Å². The van der Waals surface area contributed by atoms with Gasteiger partial charge in [0.25, 0.3) is 0 Å². The lowest BCUT2D eigenvalue weighted by Gasteiger charge is -2.12. The number of fused-ring (bicyclic) bond motifs is 1. The molecule has 0 radical (unpaired) electrons. The van der Waals surface area contributed by atoms with E-state index in [4.69, 9.17) is 4.74 Å². The van der Waals surface area contributed by atoms with Gasteiger partial charge in [0.2, 0.25) is 0 Å². The normalized spacial score (nSPS) is 12.6. The zero-order chi connectivity index (χ0) is 15.4. The number of aromatic nitrogens is 3. The van der Waals surface area contributed by atoms with Gasteiger partial charge < -0.3 is 9.84 Å². The van der Waals surface area contributed by atoms with E-state index in [-0.39, 0.29) is 5.56 Å². The van der Waals surface area contributed by atoms with Gasteiger partial charge in [0, 0.05) is 24.8 Å². The highest BCUT2D eigenvalue weighted by Gasteiger charge is 2.15. The standard InChI is InChI=1S/C16H16FN3O2/c17-14-9-20-11-18-19-16(20)8-13(14)15(21)6-7-22-10-12-4-2-1-3-5-12/h1-5,8-9,11,15,21H,6-7,10H2. The minimum atomic E-state index is -0.933. The van der Waals surface area contributed by atoms with Gasteiger partial charge >= 0.3 is 0 Å². The molecule has 2 aromatic heterocycles. The first-order chi connectivity index (χ1) is 10.7. The molecule has 0 aliphatic carbocycles. The van der Waals surface area contributed by atoms with Crippen molar-refractivity contribution in [3.05, 3.63) is 65.9 Å². The second kappa shape index (κ2) is 6.64. The molecule has 0 saturated carbocycles. The summed E-state index contributed by atoms with van der Waals surface area (Å²) in [5, 5.41) is 17.7. The number of ether oxygens (including phenoxy) is 1. The number of benzene rings is 1. The van der Waals surface area contributed by atoms with Crippen molar-refractivity contribution in [3.8, 4) is 0 Å². The first-order valence-corrected chi connectivity index (χ1v) is 7.02. The lowest BCUT2D eigenvalue weighted by atomic mass is 10.1. The Morgan fingerprint density at radius 3 is 2.91 bits per heavy atom. The number of pyridine rings is 1. The monoisotopic (exact) mass is 301 g/mol. The van der Waals surface area contributed by atoms with Crippen molar-refractivity contribution in [1.82, 2.24) is 14.6 Å². The van der Waals surface area contributed by atoms with Gasteiger partial charge in [-0.25, -0.2) is 4.39 Å². The van der Waals surface area contributed by atoms with Crippen LogP contribution in [0.4, 0.5) is 4.39 Å². The Kier molecular flexibility index (Phi) is 4.41.